The van der Waals surface area contributed by atoms with Gasteiger partial charge in [0.15, 0.2) is 11.5 Å². The van der Waals surface area contributed by atoms with Gasteiger partial charge in [-0.1, -0.05) is 18.5 Å². The Labute approximate surface area is 194 Å². The lowest BCUT2D eigenvalue weighted by Gasteiger charge is -2.22. The molecule has 5 aromatic rings. The fraction of sp³-hybridized carbons (Fsp3) is 0.136. The van der Waals surface area contributed by atoms with Gasteiger partial charge in [-0.2, -0.15) is 0 Å². The summed E-state index contributed by atoms with van der Waals surface area (Å²) < 4.78 is 43.4. The summed E-state index contributed by atoms with van der Waals surface area (Å²) in [5.74, 6) is -2.12. The van der Waals surface area contributed by atoms with Crippen LogP contribution in [0.3, 0.4) is 0 Å². The lowest BCUT2D eigenvalue weighted by Crippen LogP contribution is -2.29. The second-order valence-electron chi connectivity index (χ2n) is 7.42. The molecule has 0 bridgehead atoms. The molecule has 0 amide bonds. The fourth-order valence-electron chi connectivity index (χ4n) is 3.76. The number of aromatic amines is 1. The summed E-state index contributed by atoms with van der Waals surface area (Å²) in [5, 5.41) is 2.55. The normalized spacial score (nSPS) is 12.4. The predicted octanol–water partition coefficient (Wildman–Crippen LogP) is 4.69. The zero-order valence-electron chi connectivity index (χ0n) is 17.5. The van der Waals surface area contributed by atoms with E-state index in [4.69, 9.17) is 11.6 Å². The van der Waals surface area contributed by atoms with Crippen LogP contribution in [0, 0.1) is 17.5 Å². The van der Waals surface area contributed by atoms with Crippen LogP contribution < -0.4 is 10.9 Å². The van der Waals surface area contributed by atoms with Crippen LogP contribution in [-0.4, -0.2) is 29.5 Å². The van der Waals surface area contributed by atoms with Gasteiger partial charge in [0.2, 0.25) is 0 Å². The highest BCUT2D eigenvalue weighted by molar-refractivity contribution is 6.35. The van der Waals surface area contributed by atoms with Gasteiger partial charge in [0.1, 0.15) is 35.1 Å². The number of H-pyrrole nitrogens is 1. The molecule has 172 valence electrons. The number of hydrogen-bond acceptors (Lipinski definition) is 6. The minimum absolute atomic E-state index is 0.120. The zero-order valence-corrected chi connectivity index (χ0v) is 18.2. The number of halogens is 4. The Morgan fingerprint density at radius 2 is 1.88 bits per heavy atom. The monoisotopic (exact) mass is 485 g/mol. The van der Waals surface area contributed by atoms with E-state index in [0.29, 0.717) is 29.5 Å². The minimum Gasteiger partial charge on any atom is -0.358 e. The standard InChI is InChI=1S/C22H15ClF3N7O/c1-2-14(31-20-18-19(28-8-27-18)29-9-30-20)21-32-15-4-3-13(26)17(23)16(15)22(34)33(21)12-6-10(24)5-11(25)7-12/h3-9,14H,2H2,1H3,(H2,27,28,29,30,31)/t14-/m0/s1. The molecule has 0 aliphatic heterocycles. The highest BCUT2D eigenvalue weighted by Gasteiger charge is 2.24. The quantitative estimate of drug-likeness (QED) is 0.374. The molecule has 0 fully saturated rings. The molecular weight excluding hydrogens is 471 g/mol. The predicted molar refractivity (Wildman–Crippen MR) is 121 cm³/mol. The van der Waals surface area contributed by atoms with E-state index < -0.39 is 34.1 Å². The maximum absolute atomic E-state index is 14.2. The van der Waals surface area contributed by atoms with E-state index >= 15 is 0 Å². The molecule has 3 aromatic heterocycles. The summed E-state index contributed by atoms with van der Waals surface area (Å²) in [6, 6.07) is 4.40. The highest BCUT2D eigenvalue weighted by Crippen LogP contribution is 2.29. The van der Waals surface area contributed by atoms with Gasteiger partial charge in [-0.15, -0.1) is 0 Å². The van der Waals surface area contributed by atoms with Gasteiger partial charge in [0.05, 0.1) is 34.0 Å². The number of fused-ring (bicyclic) bond motifs is 2. The van der Waals surface area contributed by atoms with Crippen molar-refractivity contribution in [1.29, 1.82) is 0 Å². The first-order chi connectivity index (χ1) is 16.4. The van der Waals surface area contributed by atoms with E-state index in [1.165, 1.54) is 18.7 Å². The molecule has 0 aliphatic rings. The SMILES string of the molecule is CC[C@H](Nc1ncnc2[nH]cnc12)c1nc2ccc(F)c(Cl)c2c(=O)n1-c1cc(F)cc(F)c1. The first kappa shape index (κ1) is 21.8. The fourth-order valence-corrected chi connectivity index (χ4v) is 4.00. The summed E-state index contributed by atoms with van der Waals surface area (Å²) in [4.78, 5) is 33.5. The second kappa shape index (κ2) is 8.41. The number of nitrogens with zero attached hydrogens (tertiary/aromatic N) is 5. The van der Waals surface area contributed by atoms with Gasteiger partial charge in [-0.25, -0.2) is 33.1 Å². The van der Waals surface area contributed by atoms with Gasteiger partial charge in [-0.05, 0) is 30.7 Å². The van der Waals surface area contributed by atoms with E-state index in [1.54, 1.807) is 0 Å². The van der Waals surface area contributed by atoms with Crippen LogP contribution in [0.5, 0.6) is 0 Å². The van der Waals surface area contributed by atoms with Crippen LogP contribution in [-0.2, 0) is 0 Å². The van der Waals surface area contributed by atoms with Crippen molar-refractivity contribution in [3.8, 4) is 5.69 Å². The van der Waals surface area contributed by atoms with Crippen molar-refractivity contribution in [3.05, 3.63) is 81.6 Å². The van der Waals surface area contributed by atoms with E-state index in [1.807, 2.05) is 6.92 Å². The topological polar surface area (TPSA) is 101 Å². The van der Waals surface area contributed by atoms with E-state index in [0.717, 1.165) is 22.8 Å². The van der Waals surface area contributed by atoms with E-state index in [9.17, 15) is 18.0 Å². The summed E-state index contributed by atoms with van der Waals surface area (Å²) in [5.41, 5.74) is 0.179. The summed E-state index contributed by atoms with van der Waals surface area (Å²) in [7, 11) is 0. The molecule has 2 aromatic carbocycles. The number of benzene rings is 2. The van der Waals surface area contributed by atoms with Gasteiger partial charge >= 0.3 is 0 Å². The molecule has 0 saturated carbocycles. The third kappa shape index (κ3) is 3.63. The van der Waals surface area contributed by atoms with E-state index in [2.05, 4.69) is 30.2 Å². The summed E-state index contributed by atoms with van der Waals surface area (Å²) >= 11 is 6.08. The molecule has 0 spiro atoms. The second-order valence-corrected chi connectivity index (χ2v) is 7.80. The highest BCUT2D eigenvalue weighted by atomic mass is 35.5. The van der Waals surface area contributed by atoms with Crippen molar-refractivity contribution in [2.24, 2.45) is 0 Å². The Bertz CT molecular complexity index is 1600. The van der Waals surface area contributed by atoms with Crippen molar-refractivity contribution in [3.63, 3.8) is 0 Å². The molecule has 0 aliphatic carbocycles. The minimum atomic E-state index is -0.895. The first-order valence-corrected chi connectivity index (χ1v) is 10.5. The first-order valence-electron chi connectivity index (χ1n) is 10.1. The van der Waals surface area contributed by atoms with Crippen LogP contribution in [0.25, 0.3) is 27.8 Å². The van der Waals surface area contributed by atoms with Crippen LogP contribution in [0.4, 0.5) is 19.0 Å². The lowest BCUT2D eigenvalue weighted by atomic mass is 10.1. The number of aromatic nitrogens is 6. The van der Waals surface area contributed by atoms with Gasteiger partial charge in [0, 0.05) is 6.07 Å². The molecule has 12 heteroatoms. The molecule has 34 heavy (non-hydrogen) atoms. The molecule has 0 unspecified atom stereocenters. The molecule has 0 saturated heterocycles. The largest absolute Gasteiger partial charge is 0.358 e. The zero-order chi connectivity index (χ0) is 24.0. The van der Waals surface area contributed by atoms with Crippen LogP contribution in [0.15, 0.2) is 47.8 Å². The smallest absolute Gasteiger partial charge is 0.267 e. The van der Waals surface area contributed by atoms with Gasteiger partial charge < -0.3 is 10.3 Å². The maximum atomic E-state index is 14.2. The van der Waals surface area contributed by atoms with Crippen LogP contribution >= 0.6 is 11.6 Å². The molecule has 3 heterocycles. The van der Waals surface area contributed by atoms with Crippen LogP contribution in [0.2, 0.25) is 5.02 Å². The number of rotatable bonds is 5. The average Bonchev–Trinajstić information content (AvgIpc) is 3.28. The lowest BCUT2D eigenvalue weighted by molar-refractivity contribution is 0.578. The van der Waals surface area contributed by atoms with Crippen molar-refractivity contribution in [2.75, 3.05) is 5.32 Å². The molecule has 0 radical (unpaired) electrons. The number of anilines is 1. The van der Waals surface area contributed by atoms with Crippen molar-refractivity contribution in [2.45, 2.75) is 19.4 Å². The van der Waals surface area contributed by atoms with Crippen molar-refractivity contribution < 1.29 is 13.2 Å². The summed E-state index contributed by atoms with van der Waals surface area (Å²) in [6.45, 7) is 1.82. The maximum Gasteiger partial charge on any atom is 0.267 e. The number of nitrogens with one attached hydrogen (secondary N) is 2. The Morgan fingerprint density at radius 3 is 2.62 bits per heavy atom. The Morgan fingerprint density at radius 1 is 1.12 bits per heavy atom. The molecule has 8 nitrogen and oxygen atoms in total. The number of hydrogen-bond donors (Lipinski definition) is 2. The van der Waals surface area contributed by atoms with Gasteiger partial charge in [-0.3, -0.25) is 9.36 Å². The molecule has 2 N–H and O–H groups in total. The third-order valence-electron chi connectivity index (χ3n) is 5.31. The van der Waals surface area contributed by atoms with Crippen LogP contribution in [0.1, 0.15) is 25.2 Å². The number of imidazole rings is 1. The molecule has 1 atom stereocenters. The van der Waals surface area contributed by atoms with E-state index in [-0.39, 0.29) is 22.4 Å². The van der Waals surface area contributed by atoms with Crippen molar-refractivity contribution in [1.82, 2.24) is 29.5 Å². The van der Waals surface area contributed by atoms with Gasteiger partial charge in [0.25, 0.3) is 5.56 Å². The summed E-state index contributed by atoms with van der Waals surface area (Å²) in [6.07, 6.45) is 3.18. The Kier molecular flexibility index (Phi) is 5.40. The Hall–Kier alpha value is -3.99. The van der Waals surface area contributed by atoms with Crippen molar-refractivity contribution >= 4 is 39.5 Å². The Balaban J connectivity index is 1.78. The molecule has 5 rings (SSSR count). The third-order valence-corrected chi connectivity index (χ3v) is 5.68. The average molecular weight is 486 g/mol. The molecular formula is C22H15ClF3N7O.